The number of aryl methyl sites for hydroxylation is 1. The Balaban J connectivity index is 1.84. The second-order valence-corrected chi connectivity index (χ2v) is 6.28. The highest BCUT2D eigenvalue weighted by Crippen LogP contribution is 2.34. The van der Waals surface area contributed by atoms with Gasteiger partial charge in [-0.3, -0.25) is 9.48 Å². The highest BCUT2D eigenvalue weighted by Gasteiger charge is 2.35. The van der Waals surface area contributed by atoms with Crippen molar-refractivity contribution in [1.29, 1.82) is 0 Å². The fourth-order valence-corrected chi connectivity index (χ4v) is 2.94. The molecule has 1 atom stereocenters. The number of nitrogens with zero attached hydrogens (tertiary/aromatic N) is 3. The summed E-state index contributed by atoms with van der Waals surface area (Å²) in [6.07, 6.45) is 0.911. The van der Waals surface area contributed by atoms with Crippen LogP contribution in [0.15, 0.2) is 30.3 Å². The zero-order valence-corrected chi connectivity index (χ0v) is 13.8. The number of hydrogen-bond acceptors (Lipinski definition) is 2. The van der Waals surface area contributed by atoms with Crippen LogP contribution in [0.4, 0.5) is 4.39 Å². The third kappa shape index (κ3) is 2.87. The lowest BCUT2D eigenvalue weighted by atomic mass is 9.94. The topological polar surface area (TPSA) is 38.1 Å². The molecule has 1 aliphatic rings. The van der Waals surface area contributed by atoms with E-state index < -0.39 is 0 Å². The molecule has 2 aromatic rings. The van der Waals surface area contributed by atoms with Gasteiger partial charge in [0.15, 0.2) is 0 Å². The maximum absolute atomic E-state index is 13.1. The van der Waals surface area contributed by atoms with E-state index in [9.17, 15) is 9.18 Å². The highest BCUT2D eigenvalue weighted by atomic mass is 19.1. The predicted molar refractivity (Wildman–Crippen MR) is 86.8 cm³/mol. The van der Waals surface area contributed by atoms with Crippen LogP contribution < -0.4 is 0 Å². The van der Waals surface area contributed by atoms with Crippen molar-refractivity contribution in [2.75, 3.05) is 6.54 Å². The molecule has 1 fully saturated rings. The fraction of sp³-hybridized carbons (Fsp3) is 0.444. The number of aromatic nitrogens is 2. The molecule has 1 aromatic carbocycles. The summed E-state index contributed by atoms with van der Waals surface area (Å²) in [6, 6.07) is 8.35. The van der Waals surface area contributed by atoms with Crippen LogP contribution in [0, 0.1) is 5.82 Å². The van der Waals surface area contributed by atoms with Crippen LogP contribution in [0.2, 0.25) is 0 Å². The Bertz CT molecular complexity index is 706. The second-order valence-electron chi connectivity index (χ2n) is 6.28. The van der Waals surface area contributed by atoms with Crippen LogP contribution in [0.3, 0.4) is 0 Å². The van der Waals surface area contributed by atoms with Crippen molar-refractivity contribution < 1.29 is 9.18 Å². The molecule has 122 valence electrons. The summed E-state index contributed by atoms with van der Waals surface area (Å²) in [5.41, 5.74) is 2.56. The molecule has 2 heterocycles. The minimum atomic E-state index is -0.253. The molecule has 1 amide bonds. The molecule has 0 bridgehead atoms. The lowest BCUT2D eigenvalue weighted by molar-refractivity contribution is 0.0447. The van der Waals surface area contributed by atoms with Gasteiger partial charge in [-0.05, 0) is 43.0 Å². The van der Waals surface area contributed by atoms with Crippen molar-refractivity contribution in [2.24, 2.45) is 0 Å². The normalized spacial score (nSPS) is 17.4. The summed E-state index contributed by atoms with van der Waals surface area (Å²) in [5, 5.41) is 4.52. The molecule has 5 heteroatoms. The van der Waals surface area contributed by atoms with Crippen molar-refractivity contribution in [1.82, 2.24) is 14.7 Å². The SMILES string of the molecule is CCn1nc(C(C)C)cc1C(=O)N1CC[C@H]1c1ccc(F)cc1. The average Bonchev–Trinajstić information content (AvgIpc) is 2.93. The summed E-state index contributed by atoms with van der Waals surface area (Å²) in [6.45, 7) is 7.53. The van der Waals surface area contributed by atoms with Gasteiger partial charge < -0.3 is 4.90 Å². The van der Waals surface area contributed by atoms with E-state index in [2.05, 4.69) is 18.9 Å². The number of rotatable bonds is 4. The van der Waals surface area contributed by atoms with E-state index in [1.54, 1.807) is 16.8 Å². The first-order chi connectivity index (χ1) is 11.0. The minimum Gasteiger partial charge on any atom is -0.330 e. The number of benzene rings is 1. The second kappa shape index (κ2) is 6.14. The molecule has 4 nitrogen and oxygen atoms in total. The van der Waals surface area contributed by atoms with Gasteiger partial charge in [-0.15, -0.1) is 0 Å². The summed E-state index contributed by atoms with van der Waals surface area (Å²) in [4.78, 5) is 14.7. The molecular weight excluding hydrogens is 293 g/mol. The van der Waals surface area contributed by atoms with Crippen molar-refractivity contribution in [3.05, 3.63) is 53.1 Å². The van der Waals surface area contributed by atoms with Gasteiger partial charge in [-0.25, -0.2) is 4.39 Å². The van der Waals surface area contributed by atoms with Gasteiger partial charge in [0.1, 0.15) is 11.5 Å². The van der Waals surface area contributed by atoms with Gasteiger partial charge in [0.25, 0.3) is 5.91 Å². The molecular formula is C18H22FN3O. The number of likely N-dealkylation sites (tertiary alicyclic amines) is 1. The lowest BCUT2D eigenvalue weighted by Crippen LogP contribution is -2.45. The molecule has 1 saturated heterocycles. The first-order valence-electron chi connectivity index (χ1n) is 8.15. The largest absolute Gasteiger partial charge is 0.330 e. The van der Waals surface area contributed by atoms with Crippen LogP contribution in [-0.2, 0) is 6.54 Å². The Hall–Kier alpha value is -2.17. The van der Waals surface area contributed by atoms with Crippen LogP contribution in [0.25, 0.3) is 0 Å². The molecule has 0 N–H and O–H groups in total. The summed E-state index contributed by atoms with van der Waals surface area (Å²) < 4.78 is 14.9. The van der Waals surface area contributed by atoms with E-state index in [4.69, 9.17) is 0 Å². The van der Waals surface area contributed by atoms with E-state index in [0.717, 1.165) is 24.2 Å². The van der Waals surface area contributed by atoms with Gasteiger partial charge in [0.2, 0.25) is 0 Å². The summed E-state index contributed by atoms with van der Waals surface area (Å²) in [7, 11) is 0. The fourth-order valence-electron chi connectivity index (χ4n) is 2.94. The van der Waals surface area contributed by atoms with Crippen molar-refractivity contribution in [3.63, 3.8) is 0 Å². The van der Waals surface area contributed by atoms with Gasteiger partial charge in [-0.1, -0.05) is 26.0 Å². The van der Waals surface area contributed by atoms with E-state index >= 15 is 0 Å². The van der Waals surface area contributed by atoms with Gasteiger partial charge in [-0.2, -0.15) is 5.10 Å². The predicted octanol–water partition coefficient (Wildman–Crippen LogP) is 3.75. The molecule has 3 rings (SSSR count). The maximum Gasteiger partial charge on any atom is 0.272 e. The van der Waals surface area contributed by atoms with Crippen molar-refractivity contribution in [2.45, 2.75) is 45.7 Å². The minimum absolute atomic E-state index is 0.00632. The highest BCUT2D eigenvalue weighted by molar-refractivity contribution is 5.93. The number of carbonyl (C=O) groups excluding carboxylic acids is 1. The smallest absolute Gasteiger partial charge is 0.272 e. The standard InChI is InChI=1S/C18H22FN3O/c1-4-22-17(11-15(20-22)12(2)3)18(23)21-10-9-16(21)13-5-7-14(19)8-6-13/h5-8,11-12,16H,4,9-10H2,1-3H3/t16-/m0/s1. The van der Waals surface area contributed by atoms with Crippen LogP contribution >= 0.6 is 0 Å². The lowest BCUT2D eigenvalue weighted by Gasteiger charge is -2.41. The van der Waals surface area contributed by atoms with Crippen molar-refractivity contribution in [3.8, 4) is 0 Å². The van der Waals surface area contributed by atoms with E-state index in [1.165, 1.54) is 12.1 Å². The molecule has 0 radical (unpaired) electrons. The number of amides is 1. The number of carbonyl (C=O) groups is 1. The van der Waals surface area contributed by atoms with Gasteiger partial charge >= 0.3 is 0 Å². The van der Waals surface area contributed by atoms with E-state index in [1.807, 2.05) is 17.9 Å². The Morgan fingerprint density at radius 2 is 2.04 bits per heavy atom. The summed E-state index contributed by atoms with van der Waals surface area (Å²) in [5.74, 6) is 0.0436. The first kappa shape index (κ1) is 15.7. The monoisotopic (exact) mass is 315 g/mol. The first-order valence-corrected chi connectivity index (χ1v) is 8.15. The molecule has 23 heavy (non-hydrogen) atoms. The van der Waals surface area contributed by atoms with Crippen molar-refractivity contribution >= 4 is 5.91 Å². The summed E-state index contributed by atoms with van der Waals surface area (Å²) >= 11 is 0. The molecule has 0 saturated carbocycles. The molecule has 0 spiro atoms. The Morgan fingerprint density at radius 3 is 2.57 bits per heavy atom. The zero-order valence-electron chi connectivity index (χ0n) is 13.8. The Kier molecular flexibility index (Phi) is 4.20. The van der Waals surface area contributed by atoms with E-state index in [-0.39, 0.29) is 17.8 Å². The third-order valence-electron chi connectivity index (χ3n) is 4.44. The average molecular weight is 315 g/mol. The van der Waals surface area contributed by atoms with Crippen LogP contribution in [0.1, 0.15) is 60.9 Å². The number of hydrogen-bond donors (Lipinski definition) is 0. The van der Waals surface area contributed by atoms with Gasteiger partial charge in [0, 0.05) is 13.1 Å². The van der Waals surface area contributed by atoms with Crippen LogP contribution in [0.5, 0.6) is 0 Å². The van der Waals surface area contributed by atoms with Gasteiger partial charge in [0.05, 0.1) is 11.7 Å². The quantitative estimate of drug-likeness (QED) is 0.862. The van der Waals surface area contributed by atoms with E-state index in [0.29, 0.717) is 18.2 Å². The Labute approximate surface area is 135 Å². The Morgan fingerprint density at radius 1 is 1.35 bits per heavy atom. The third-order valence-corrected chi connectivity index (χ3v) is 4.44. The zero-order chi connectivity index (χ0) is 16.6. The molecule has 1 aromatic heterocycles. The molecule has 0 aliphatic carbocycles. The van der Waals surface area contributed by atoms with Crippen LogP contribution in [-0.4, -0.2) is 27.1 Å². The molecule has 0 unspecified atom stereocenters. The molecule has 1 aliphatic heterocycles. The maximum atomic E-state index is 13.1. The number of halogens is 1.